The third kappa shape index (κ3) is 2.21. The quantitative estimate of drug-likeness (QED) is 0.761. The Kier molecular flexibility index (Phi) is 2.87. The lowest BCUT2D eigenvalue weighted by Gasteiger charge is -2.21. The van der Waals surface area contributed by atoms with Crippen LogP contribution in [0.25, 0.3) is 5.57 Å². The Bertz CT molecular complexity index is 465. The molecule has 1 atom stereocenters. The molecular weight excluding hydrogens is 208 g/mol. The second kappa shape index (κ2) is 4.52. The van der Waals surface area contributed by atoms with Gasteiger partial charge in [0, 0.05) is 5.69 Å². The summed E-state index contributed by atoms with van der Waals surface area (Å²) in [6, 6.07) is 2.16. The third-order valence-corrected chi connectivity index (χ3v) is 3.95. The maximum absolute atomic E-state index is 4.39. The number of nitrogens with zero attached hydrogens (tertiary/aromatic N) is 1. The molecule has 2 aliphatic rings. The number of H-pyrrole nitrogens is 1. The third-order valence-electron chi connectivity index (χ3n) is 3.95. The Morgan fingerprint density at radius 1 is 1.29 bits per heavy atom. The van der Waals surface area contributed by atoms with E-state index in [4.69, 9.17) is 0 Å². The van der Waals surface area contributed by atoms with Gasteiger partial charge < -0.3 is 0 Å². The van der Waals surface area contributed by atoms with E-state index >= 15 is 0 Å². The second-order valence-corrected chi connectivity index (χ2v) is 5.30. The largest absolute Gasteiger partial charge is 0.282 e. The Morgan fingerprint density at radius 3 is 2.94 bits per heavy atom. The molecule has 17 heavy (non-hydrogen) atoms. The van der Waals surface area contributed by atoms with Crippen LogP contribution in [0.15, 0.2) is 23.8 Å². The van der Waals surface area contributed by atoms with Gasteiger partial charge in [0.25, 0.3) is 0 Å². The molecular formula is C15H20N2. The molecule has 0 saturated heterocycles. The van der Waals surface area contributed by atoms with Gasteiger partial charge in [-0.3, -0.25) is 5.10 Å². The van der Waals surface area contributed by atoms with Crippen LogP contribution < -0.4 is 0 Å². The molecule has 0 fully saturated rings. The number of aromatic nitrogens is 2. The standard InChI is InChI=1S/C15H20N2/c1-11-9-15(17-16-11)14-8-4-7-13(10-14)12-5-2-3-6-12/h5,9-10,13H,2-4,6-8H2,1H3,(H,16,17). The topological polar surface area (TPSA) is 28.7 Å². The smallest absolute Gasteiger partial charge is 0.0880 e. The first-order chi connectivity index (χ1) is 8.33. The van der Waals surface area contributed by atoms with Gasteiger partial charge in [-0.15, -0.1) is 0 Å². The molecule has 0 amide bonds. The predicted molar refractivity (Wildman–Crippen MR) is 70.6 cm³/mol. The van der Waals surface area contributed by atoms with Crippen molar-refractivity contribution in [2.75, 3.05) is 0 Å². The van der Waals surface area contributed by atoms with Crippen molar-refractivity contribution in [1.29, 1.82) is 0 Å². The van der Waals surface area contributed by atoms with Crippen LogP contribution in [0.2, 0.25) is 0 Å². The van der Waals surface area contributed by atoms with Crippen molar-refractivity contribution >= 4 is 5.57 Å². The summed E-state index contributed by atoms with van der Waals surface area (Å²) in [6.45, 7) is 2.07. The lowest BCUT2D eigenvalue weighted by Crippen LogP contribution is -2.06. The van der Waals surface area contributed by atoms with Gasteiger partial charge in [0.15, 0.2) is 0 Å². The number of allylic oxidation sites excluding steroid dienone is 4. The lowest BCUT2D eigenvalue weighted by atomic mass is 9.84. The van der Waals surface area contributed by atoms with Crippen LogP contribution in [0.1, 0.15) is 49.9 Å². The molecule has 0 bridgehead atoms. The van der Waals surface area contributed by atoms with E-state index in [9.17, 15) is 0 Å². The number of rotatable bonds is 2. The Balaban J connectivity index is 1.84. The number of nitrogens with one attached hydrogen (secondary N) is 1. The maximum Gasteiger partial charge on any atom is 0.0880 e. The summed E-state index contributed by atoms with van der Waals surface area (Å²) in [6.07, 6.45) is 12.7. The van der Waals surface area contributed by atoms with Gasteiger partial charge in [-0.1, -0.05) is 17.7 Å². The van der Waals surface area contributed by atoms with Crippen molar-refractivity contribution in [3.8, 4) is 0 Å². The van der Waals surface area contributed by atoms with E-state index in [0.29, 0.717) is 5.92 Å². The summed E-state index contributed by atoms with van der Waals surface area (Å²) in [4.78, 5) is 0. The fourth-order valence-corrected chi connectivity index (χ4v) is 3.04. The molecule has 90 valence electrons. The highest BCUT2D eigenvalue weighted by atomic mass is 15.1. The van der Waals surface area contributed by atoms with E-state index in [-0.39, 0.29) is 0 Å². The average molecular weight is 228 g/mol. The summed E-state index contributed by atoms with van der Waals surface area (Å²) in [5.41, 5.74) is 5.43. The average Bonchev–Trinajstić information content (AvgIpc) is 3.00. The van der Waals surface area contributed by atoms with Gasteiger partial charge in [0.05, 0.1) is 5.69 Å². The molecule has 0 radical (unpaired) electrons. The van der Waals surface area contributed by atoms with E-state index in [2.05, 4.69) is 35.3 Å². The van der Waals surface area contributed by atoms with Crippen LogP contribution in [-0.4, -0.2) is 10.2 Å². The zero-order valence-electron chi connectivity index (χ0n) is 10.5. The Hall–Kier alpha value is -1.31. The van der Waals surface area contributed by atoms with E-state index in [1.165, 1.54) is 44.1 Å². The van der Waals surface area contributed by atoms with Gasteiger partial charge in [0.2, 0.25) is 0 Å². The Labute approximate surface area is 103 Å². The van der Waals surface area contributed by atoms with Gasteiger partial charge in [-0.2, -0.15) is 5.10 Å². The predicted octanol–water partition coefficient (Wildman–Crippen LogP) is 4.01. The molecule has 0 aromatic carbocycles. The van der Waals surface area contributed by atoms with E-state index in [0.717, 1.165) is 11.4 Å². The molecule has 1 heterocycles. The van der Waals surface area contributed by atoms with Crippen molar-refractivity contribution < 1.29 is 0 Å². The van der Waals surface area contributed by atoms with Gasteiger partial charge >= 0.3 is 0 Å². The van der Waals surface area contributed by atoms with Crippen molar-refractivity contribution in [2.45, 2.75) is 45.4 Å². The summed E-state index contributed by atoms with van der Waals surface area (Å²) in [5.74, 6) is 0.693. The van der Waals surface area contributed by atoms with E-state index < -0.39 is 0 Å². The van der Waals surface area contributed by atoms with Crippen LogP contribution in [-0.2, 0) is 0 Å². The number of hydrogen-bond donors (Lipinski definition) is 1. The van der Waals surface area contributed by atoms with Crippen LogP contribution in [0, 0.1) is 12.8 Å². The zero-order valence-corrected chi connectivity index (χ0v) is 10.5. The van der Waals surface area contributed by atoms with Crippen LogP contribution in [0.3, 0.4) is 0 Å². The van der Waals surface area contributed by atoms with Crippen molar-refractivity contribution in [3.05, 3.63) is 35.2 Å². The summed E-state index contributed by atoms with van der Waals surface area (Å²) >= 11 is 0. The normalized spacial score (nSPS) is 24.6. The number of aryl methyl sites for hydroxylation is 1. The van der Waals surface area contributed by atoms with Crippen LogP contribution in [0.4, 0.5) is 0 Å². The summed E-state index contributed by atoms with van der Waals surface area (Å²) in [7, 11) is 0. The molecule has 0 spiro atoms. The van der Waals surface area contributed by atoms with Crippen LogP contribution in [0.5, 0.6) is 0 Å². The molecule has 3 rings (SSSR count). The van der Waals surface area contributed by atoms with Gasteiger partial charge in [-0.25, -0.2) is 0 Å². The minimum absolute atomic E-state index is 0.693. The lowest BCUT2D eigenvalue weighted by molar-refractivity contribution is 0.599. The summed E-state index contributed by atoms with van der Waals surface area (Å²) in [5, 5.41) is 7.43. The van der Waals surface area contributed by atoms with Gasteiger partial charge in [-0.05, 0) is 63.0 Å². The molecule has 2 aliphatic carbocycles. The first-order valence-corrected chi connectivity index (χ1v) is 6.75. The minimum atomic E-state index is 0.693. The monoisotopic (exact) mass is 228 g/mol. The first kappa shape index (κ1) is 10.8. The fraction of sp³-hybridized carbons (Fsp3) is 0.533. The van der Waals surface area contributed by atoms with Crippen molar-refractivity contribution in [1.82, 2.24) is 10.2 Å². The number of aromatic amines is 1. The van der Waals surface area contributed by atoms with E-state index in [1.807, 2.05) is 0 Å². The highest BCUT2D eigenvalue weighted by Crippen LogP contribution is 2.36. The summed E-state index contributed by atoms with van der Waals surface area (Å²) < 4.78 is 0. The van der Waals surface area contributed by atoms with Gasteiger partial charge in [0.1, 0.15) is 0 Å². The minimum Gasteiger partial charge on any atom is -0.282 e. The van der Waals surface area contributed by atoms with Crippen molar-refractivity contribution in [3.63, 3.8) is 0 Å². The zero-order chi connectivity index (χ0) is 11.7. The molecule has 0 saturated carbocycles. The Morgan fingerprint density at radius 2 is 2.24 bits per heavy atom. The molecule has 1 unspecified atom stereocenters. The SMILES string of the molecule is Cc1cc(C2=CC(C3=CCCC3)CCC2)n[nH]1. The van der Waals surface area contributed by atoms with Crippen LogP contribution >= 0.6 is 0 Å². The fourth-order valence-electron chi connectivity index (χ4n) is 3.04. The molecule has 1 aromatic heterocycles. The molecule has 1 N–H and O–H groups in total. The second-order valence-electron chi connectivity index (χ2n) is 5.30. The molecule has 2 nitrogen and oxygen atoms in total. The maximum atomic E-state index is 4.39. The number of hydrogen-bond acceptors (Lipinski definition) is 1. The molecule has 1 aromatic rings. The van der Waals surface area contributed by atoms with E-state index in [1.54, 1.807) is 5.57 Å². The molecule has 0 aliphatic heterocycles. The highest BCUT2D eigenvalue weighted by molar-refractivity contribution is 5.64. The first-order valence-electron chi connectivity index (χ1n) is 6.75. The van der Waals surface area contributed by atoms with Crippen molar-refractivity contribution in [2.24, 2.45) is 5.92 Å². The molecule has 2 heteroatoms. The highest BCUT2D eigenvalue weighted by Gasteiger charge is 2.20.